The maximum Gasteiger partial charge on any atom is 0.0499 e. The molecule has 0 spiro atoms. The standard InChI is InChI=1S/C16H33NO/c1-4-16(5-2,13-18)12-17-11-10-15-8-6-14(3)7-9-15/h14-15,17-18H,4-13H2,1-3H3. The lowest BCUT2D eigenvalue weighted by atomic mass is 9.81. The molecule has 0 aromatic heterocycles. The van der Waals surface area contributed by atoms with E-state index in [0.29, 0.717) is 6.61 Å². The summed E-state index contributed by atoms with van der Waals surface area (Å²) in [5.41, 5.74) is 0.112. The lowest BCUT2D eigenvalue weighted by molar-refractivity contribution is 0.112. The number of rotatable bonds is 8. The molecule has 0 saturated heterocycles. The third-order valence-electron chi connectivity index (χ3n) is 5.20. The molecule has 0 amide bonds. The van der Waals surface area contributed by atoms with E-state index in [1.165, 1.54) is 32.1 Å². The average Bonchev–Trinajstić information content (AvgIpc) is 2.42. The van der Waals surface area contributed by atoms with Gasteiger partial charge in [-0.15, -0.1) is 0 Å². The Morgan fingerprint density at radius 1 is 1.11 bits per heavy atom. The quantitative estimate of drug-likeness (QED) is 0.650. The van der Waals surface area contributed by atoms with Crippen LogP contribution in [0.4, 0.5) is 0 Å². The van der Waals surface area contributed by atoms with Crippen molar-refractivity contribution in [2.24, 2.45) is 17.3 Å². The largest absolute Gasteiger partial charge is 0.396 e. The molecule has 0 heterocycles. The molecule has 1 fully saturated rings. The number of nitrogens with one attached hydrogen (secondary N) is 1. The van der Waals surface area contributed by atoms with Crippen molar-refractivity contribution in [1.29, 1.82) is 0 Å². The van der Waals surface area contributed by atoms with Crippen LogP contribution in [0, 0.1) is 17.3 Å². The highest BCUT2D eigenvalue weighted by Crippen LogP contribution is 2.30. The Morgan fingerprint density at radius 2 is 1.72 bits per heavy atom. The summed E-state index contributed by atoms with van der Waals surface area (Å²) >= 11 is 0. The number of aliphatic hydroxyl groups excluding tert-OH is 1. The summed E-state index contributed by atoms with van der Waals surface area (Å²) in [5, 5.41) is 13.1. The fourth-order valence-electron chi connectivity index (χ4n) is 3.06. The van der Waals surface area contributed by atoms with E-state index in [0.717, 1.165) is 37.8 Å². The van der Waals surface area contributed by atoms with Gasteiger partial charge in [0.1, 0.15) is 0 Å². The van der Waals surface area contributed by atoms with Crippen molar-refractivity contribution in [3.63, 3.8) is 0 Å². The van der Waals surface area contributed by atoms with Crippen molar-refractivity contribution in [1.82, 2.24) is 5.32 Å². The Labute approximate surface area is 114 Å². The molecular formula is C16H33NO. The first kappa shape index (κ1) is 16.0. The maximum atomic E-state index is 9.51. The molecule has 1 saturated carbocycles. The maximum absolute atomic E-state index is 9.51. The fraction of sp³-hybridized carbons (Fsp3) is 1.00. The van der Waals surface area contributed by atoms with Crippen LogP contribution in [-0.2, 0) is 0 Å². The molecule has 0 aliphatic heterocycles. The predicted octanol–water partition coefficient (Wildman–Crippen LogP) is 3.59. The third-order valence-corrected chi connectivity index (χ3v) is 5.20. The van der Waals surface area contributed by atoms with E-state index in [2.05, 4.69) is 26.1 Å². The van der Waals surface area contributed by atoms with Gasteiger partial charge in [0.25, 0.3) is 0 Å². The first-order chi connectivity index (χ1) is 8.65. The minimum atomic E-state index is 0.112. The predicted molar refractivity (Wildman–Crippen MR) is 78.7 cm³/mol. The molecule has 108 valence electrons. The number of hydrogen-bond acceptors (Lipinski definition) is 2. The van der Waals surface area contributed by atoms with Crippen molar-refractivity contribution in [2.75, 3.05) is 19.7 Å². The lowest BCUT2D eigenvalue weighted by Gasteiger charge is -2.30. The van der Waals surface area contributed by atoms with Gasteiger partial charge in [0.15, 0.2) is 0 Å². The molecule has 0 radical (unpaired) electrons. The van der Waals surface area contributed by atoms with Gasteiger partial charge in [-0.05, 0) is 37.6 Å². The van der Waals surface area contributed by atoms with Crippen LogP contribution in [0.25, 0.3) is 0 Å². The summed E-state index contributed by atoms with van der Waals surface area (Å²) in [6.07, 6.45) is 9.15. The summed E-state index contributed by atoms with van der Waals surface area (Å²) in [4.78, 5) is 0. The second-order valence-electron chi connectivity index (χ2n) is 6.46. The lowest BCUT2D eigenvalue weighted by Crippen LogP contribution is -2.37. The van der Waals surface area contributed by atoms with Gasteiger partial charge in [-0.25, -0.2) is 0 Å². The summed E-state index contributed by atoms with van der Waals surface area (Å²) in [6, 6.07) is 0. The highest BCUT2D eigenvalue weighted by molar-refractivity contribution is 4.78. The van der Waals surface area contributed by atoms with Gasteiger partial charge in [0, 0.05) is 18.6 Å². The van der Waals surface area contributed by atoms with Crippen molar-refractivity contribution < 1.29 is 5.11 Å². The summed E-state index contributed by atoms with van der Waals surface area (Å²) in [6.45, 7) is 9.16. The second kappa shape index (κ2) is 8.16. The molecule has 2 N–H and O–H groups in total. The normalized spacial score (nSPS) is 25.3. The average molecular weight is 255 g/mol. The highest BCUT2D eigenvalue weighted by Gasteiger charge is 2.24. The molecule has 1 aliphatic carbocycles. The molecule has 0 atom stereocenters. The van der Waals surface area contributed by atoms with Crippen LogP contribution < -0.4 is 5.32 Å². The van der Waals surface area contributed by atoms with Crippen molar-refractivity contribution >= 4 is 0 Å². The van der Waals surface area contributed by atoms with E-state index in [4.69, 9.17) is 0 Å². The zero-order valence-electron chi connectivity index (χ0n) is 12.7. The van der Waals surface area contributed by atoms with Crippen molar-refractivity contribution in [2.45, 2.75) is 65.7 Å². The van der Waals surface area contributed by atoms with Crippen LogP contribution >= 0.6 is 0 Å². The molecule has 0 aromatic rings. The third kappa shape index (κ3) is 4.89. The van der Waals surface area contributed by atoms with Crippen LogP contribution in [0.3, 0.4) is 0 Å². The molecule has 18 heavy (non-hydrogen) atoms. The van der Waals surface area contributed by atoms with Crippen LogP contribution in [0.15, 0.2) is 0 Å². The molecule has 0 bridgehead atoms. The van der Waals surface area contributed by atoms with Gasteiger partial charge in [-0.2, -0.15) is 0 Å². The first-order valence-corrected chi connectivity index (χ1v) is 7.97. The molecule has 0 aromatic carbocycles. The minimum absolute atomic E-state index is 0.112. The van der Waals surface area contributed by atoms with Crippen LogP contribution in [0.1, 0.15) is 65.7 Å². The van der Waals surface area contributed by atoms with Gasteiger partial charge in [0.05, 0.1) is 0 Å². The second-order valence-corrected chi connectivity index (χ2v) is 6.46. The first-order valence-electron chi connectivity index (χ1n) is 7.97. The van der Waals surface area contributed by atoms with E-state index >= 15 is 0 Å². The topological polar surface area (TPSA) is 32.3 Å². The van der Waals surface area contributed by atoms with E-state index in [1.54, 1.807) is 0 Å². The van der Waals surface area contributed by atoms with E-state index in [1.807, 2.05) is 0 Å². The van der Waals surface area contributed by atoms with Crippen LogP contribution in [-0.4, -0.2) is 24.8 Å². The van der Waals surface area contributed by atoms with Crippen LogP contribution in [0.5, 0.6) is 0 Å². The van der Waals surface area contributed by atoms with E-state index in [-0.39, 0.29) is 5.41 Å². The van der Waals surface area contributed by atoms with Gasteiger partial charge < -0.3 is 10.4 Å². The monoisotopic (exact) mass is 255 g/mol. The van der Waals surface area contributed by atoms with Crippen LogP contribution in [0.2, 0.25) is 0 Å². The molecular weight excluding hydrogens is 222 g/mol. The summed E-state index contributed by atoms with van der Waals surface area (Å²) in [7, 11) is 0. The summed E-state index contributed by atoms with van der Waals surface area (Å²) < 4.78 is 0. The molecule has 1 aliphatic rings. The minimum Gasteiger partial charge on any atom is -0.396 e. The number of aliphatic hydroxyl groups is 1. The Morgan fingerprint density at radius 3 is 2.22 bits per heavy atom. The molecule has 2 heteroatoms. The smallest absolute Gasteiger partial charge is 0.0499 e. The Hall–Kier alpha value is -0.0800. The molecule has 0 unspecified atom stereocenters. The Balaban J connectivity index is 2.14. The van der Waals surface area contributed by atoms with Gasteiger partial charge >= 0.3 is 0 Å². The Kier molecular flexibility index (Phi) is 7.25. The van der Waals surface area contributed by atoms with Crippen molar-refractivity contribution in [3.05, 3.63) is 0 Å². The SMILES string of the molecule is CCC(CC)(CO)CNCCC1CCC(C)CC1. The summed E-state index contributed by atoms with van der Waals surface area (Å²) in [5.74, 6) is 1.90. The highest BCUT2D eigenvalue weighted by atomic mass is 16.3. The van der Waals surface area contributed by atoms with Gasteiger partial charge in [-0.1, -0.05) is 46.5 Å². The molecule has 2 nitrogen and oxygen atoms in total. The van der Waals surface area contributed by atoms with E-state index < -0.39 is 0 Å². The van der Waals surface area contributed by atoms with Crippen molar-refractivity contribution in [3.8, 4) is 0 Å². The number of hydrogen-bond donors (Lipinski definition) is 2. The molecule has 1 rings (SSSR count). The zero-order chi connectivity index (χ0) is 13.4. The fourth-order valence-corrected chi connectivity index (χ4v) is 3.06. The van der Waals surface area contributed by atoms with Gasteiger partial charge in [-0.3, -0.25) is 0 Å². The Bertz CT molecular complexity index is 197. The van der Waals surface area contributed by atoms with Gasteiger partial charge in [0.2, 0.25) is 0 Å². The van der Waals surface area contributed by atoms with E-state index in [9.17, 15) is 5.11 Å². The zero-order valence-corrected chi connectivity index (χ0v) is 12.7.